The standard InChI is InChI=1S/C13H14N2O3/c1-2-3-4-5-7-15-12(16)10-6-8-14-11(9-10)13(17)18/h1,6,8-9H,3-5,7H2,(H,15,16)(H,17,18). The van der Waals surface area contributed by atoms with Gasteiger partial charge in [-0.2, -0.15) is 0 Å². The van der Waals surface area contributed by atoms with Crippen molar-refractivity contribution < 1.29 is 14.7 Å². The van der Waals surface area contributed by atoms with Crippen LogP contribution in [0.2, 0.25) is 0 Å². The number of carboxylic acids is 1. The fourth-order valence-corrected chi connectivity index (χ4v) is 1.34. The fraction of sp³-hybridized carbons (Fsp3) is 0.308. The first-order valence-corrected chi connectivity index (χ1v) is 5.56. The molecule has 1 heterocycles. The van der Waals surface area contributed by atoms with E-state index < -0.39 is 5.97 Å². The number of carbonyl (C=O) groups is 2. The van der Waals surface area contributed by atoms with Crippen molar-refractivity contribution in [3.63, 3.8) is 0 Å². The molecular formula is C13H14N2O3. The van der Waals surface area contributed by atoms with Gasteiger partial charge in [-0.05, 0) is 25.0 Å². The lowest BCUT2D eigenvalue weighted by atomic mass is 10.2. The number of aromatic carboxylic acids is 1. The Morgan fingerprint density at radius 3 is 2.89 bits per heavy atom. The largest absolute Gasteiger partial charge is 0.477 e. The third-order valence-electron chi connectivity index (χ3n) is 2.27. The van der Waals surface area contributed by atoms with Crippen molar-refractivity contribution in [2.45, 2.75) is 19.3 Å². The van der Waals surface area contributed by atoms with Gasteiger partial charge in [0.1, 0.15) is 5.69 Å². The molecule has 0 radical (unpaired) electrons. The number of carboxylic acid groups (broad SMARTS) is 1. The molecule has 0 atom stereocenters. The van der Waals surface area contributed by atoms with Gasteiger partial charge in [0, 0.05) is 24.7 Å². The molecule has 18 heavy (non-hydrogen) atoms. The number of carbonyl (C=O) groups excluding carboxylic acids is 1. The van der Waals surface area contributed by atoms with Gasteiger partial charge in [-0.15, -0.1) is 12.3 Å². The number of rotatable bonds is 6. The maximum atomic E-state index is 11.7. The maximum Gasteiger partial charge on any atom is 0.354 e. The average Bonchev–Trinajstić information content (AvgIpc) is 2.38. The molecule has 5 heteroatoms. The monoisotopic (exact) mass is 246 g/mol. The first-order chi connectivity index (χ1) is 8.65. The van der Waals surface area contributed by atoms with E-state index in [1.54, 1.807) is 0 Å². The summed E-state index contributed by atoms with van der Waals surface area (Å²) < 4.78 is 0. The average molecular weight is 246 g/mol. The molecule has 0 bridgehead atoms. The van der Waals surface area contributed by atoms with Crippen LogP contribution in [0.1, 0.15) is 40.1 Å². The Labute approximate surface area is 105 Å². The highest BCUT2D eigenvalue weighted by atomic mass is 16.4. The van der Waals surface area contributed by atoms with Crippen LogP contribution in [0.5, 0.6) is 0 Å². The molecule has 0 saturated carbocycles. The molecule has 0 spiro atoms. The number of unbranched alkanes of at least 4 members (excludes halogenated alkanes) is 2. The van der Waals surface area contributed by atoms with Gasteiger partial charge in [-0.25, -0.2) is 9.78 Å². The smallest absolute Gasteiger partial charge is 0.354 e. The molecule has 0 aromatic carbocycles. The summed E-state index contributed by atoms with van der Waals surface area (Å²) in [7, 11) is 0. The molecular weight excluding hydrogens is 232 g/mol. The zero-order chi connectivity index (χ0) is 13.4. The molecule has 0 aliphatic carbocycles. The van der Waals surface area contributed by atoms with E-state index in [9.17, 15) is 9.59 Å². The van der Waals surface area contributed by atoms with E-state index in [0.29, 0.717) is 18.5 Å². The quantitative estimate of drug-likeness (QED) is 0.586. The molecule has 1 aromatic rings. The highest BCUT2D eigenvalue weighted by molar-refractivity contribution is 5.96. The van der Waals surface area contributed by atoms with Crippen LogP contribution in [0.25, 0.3) is 0 Å². The number of hydrogen-bond donors (Lipinski definition) is 2. The van der Waals surface area contributed by atoms with Gasteiger partial charge in [0.15, 0.2) is 0 Å². The van der Waals surface area contributed by atoms with Crippen LogP contribution in [0.15, 0.2) is 18.3 Å². The molecule has 0 fully saturated rings. The van der Waals surface area contributed by atoms with Gasteiger partial charge >= 0.3 is 5.97 Å². The molecule has 1 amide bonds. The van der Waals surface area contributed by atoms with Crippen LogP contribution in [0, 0.1) is 12.3 Å². The Morgan fingerprint density at radius 2 is 2.22 bits per heavy atom. The lowest BCUT2D eigenvalue weighted by molar-refractivity contribution is 0.0690. The van der Waals surface area contributed by atoms with Crippen molar-refractivity contribution in [1.82, 2.24) is 10.3 Å². The van der Waals surface area contributed by atoms with Gasteiger partial charge in [0.2, 0.25) is 0 Å². The molecule has 94 valence electrons. The molecule has 0 unspecified atom stereocenters. The first-order valence-electron chi connectivity index (χ1n) is 5.56. The van der Waals surface area contributed by atoms with Crippen molar-refractivity contribution in [3.8, 4) is 12.3 Å². The van der Waals surface area contributed by atoms with Crippen LogP contribution in [-0.2, 0) is 0 Å². The summed E-state index contributed by atoms with van der Waals surface area (Å²) in [5.41, 5.74) is 0.148. The molecule has 0 aliphatic rings. The highest BCUT2D eigenvalue weighted by Gasteiger charge is 2.09. The first kappa shape index (κ1) is 13.7. The molecule has 1 rings (SSSR count). The number of nitrogens with one attached hydrogen (secondary N) is 1. The van der Waals surface area contributed by atoms with E-state index in [1.165, 1.54) is 18.3 Å². The predicted octanol–water partition coefficient (Wildman–Crippen LogP) is 1.31. The van der Waals surface area contributed by atoms with E-state index in [4.69, 9.17) is 11.5 Å². The van der Waals surface area contributed by atoms with E-state index in [-0.39, 0.29) is 11.6 Å². The SMILES string of the molecule is C#CCCCCNC(=O)c1ccnc(C(=O)O)c1. The van der Waals surface area contributed by atoms with Crippen molar-refractivity contribution in [3.05, 3.63) is 29.6 Å². The summed E-state index contributed by atoms with van der Waals surface area (Å²) >= 11 is 0. The van der Waals surface area contributed by atoms with Gasteiger partial charge in [0.25, 0.3) is 5.91 Å². The minimum Gasteiger partial charge on any atom is -0.477 e. The van der Waals surface area contributed by atoms with Gasteiger partial charge < -0.3 is 10.4 Å². The second-order valence-electron chi connectivity index (χ2n) is 3.65. The van der Waals surface area contributed by atoms with Gasteiger partial charge in [-0.1, -0.05) is 0 Å². The van der Waals surface area contributed by atoms with Crippen molar-refractivity contribution in [2.75, 3.05) is 6.54 Å². The van der Waals surface area contributed by atoms with E-state index in [2.05, 4.69) is 16.2 Å². The summed E-state index contributed by atoms with van der Waals surface area (Å²) in [6.07, 6.45) is 8.75. The summed E-state index contributed by atoms with van der Waals surface area (Å²) in [6.45, 7) is 0.519. The lowest BCUT2D eigenvalue weighted by Crippen LogP contribution is -2.24. The Kier molecular flexibility index (Phi) is 5.39. The van der Waals surface area contributed by atoms with E-state index >= 15 is 0 Å². The van der Waals surface area contributed by atoms with E-state index in [0.717, 1.165) is 12.8 Å². The third-order valence-corrected chi connectivity index (χ3v) is 2.27. The highest BCUT2D eigenvalue weighted by Crippen LogP contribution is 2.02. The maximum absolute atomic E-state index is 11.7. The number of amides is 1. The summed E-state index contributed by atoms with van der Waals surface area (Å²) in [5.74, 6) is 1.06. The number of pyridine rings is 1. The number of terminal acetylenes is 1. The normalized spacial score (nSPS) is 9.50. The fourth-order valence-electron chi connectivity index (χ4n) is 1.34. The lowest BCUT2D eigenvalue weighted by Gasteiger charge is -2.04. The van der Waals surface area contributed by atoms with E-state index in [1.807, 2.05) is 0 Å². The molecule has 5 nitrogen and oxygen atoms in total. The summed E-state index contributed by atoms with van der Waals surface area (Å²) in [4.78, 5) is 26.0. The predicted molar refractivity (Wildman–Crippen MR) is 66.2 cm³/mol. The Morgan fingerprint density at radius 1 is 1.44 bits per heavy atom. The van der Waals surface area contributed by atoms with Crippen LogP contribution in [-0.4, -0.2) is 28.5 Å². The Bertz CT molecular complexity index is 477. The van der Waals surface area contributed by atoms with Gasteiger partial charge in [0.05, 0.1) is 0 Å². The molecule has 1 aromatic heterocycles. The zero-order valence-electron chi connectivity index (χ0n) is 9.85. The second kappa shape index (κ2) is 7.07. The molecule has 2 N–H and O–H groups in total. The number of hydrogen-bond acceptors (Lipinski definition) is 3. The Balaban J connectivity index is 2.49. The van der Waals surface area contributed by atoms with Crippen LogP contribution >= 0.6 is 0 Å². The van der Waals surface area contributed by atoms with Crippen LogP contribution in [0.4, 0.5) is 0 Å². The third kappa shape index (κ3) is 4.26. The van der Waals surface area contributed by atoms with Gasteiger partial charge in [-0.3, -0.25) is 4.79 Å². The van der Waals surface area contributed by atoms with Crippen LogP contribution in [0.3, 0.4) is 0 Å². The minimum absolute atomic E-state index is 0.144. The summed E-state index contributed by atoms with van der Waals surface area (Å²) in [6, 6.07) is 2.72. The summed E-state index contributed by atoms with van der Waals surface area (Å²) in [5, 5.41) is 11.4. The number of nitrogens with zero attached hydrogens (tertiary/aromatic N) is 1. The minimum atomic E-state index is -1.15. The number of aromatic nitrogens is 1. The zero-order valence-corrected chi connectivity index (χ0v) is 9.85. The van der Waals surface area contributed by atoms with Crippen molar-refractivity contribution >= 4 is 11.9 Å². The van der Waals surface area contributed by atoms with Crippen molar-refractivity contribution in [2.24, 2.45) is 0 Å². The van der Waals surface area contributed by atoms with Crippen LogP contribution < -0.4 is 5.32 Å². The second-order valence-corrected chi connectivity index (χ2v) is 3.65. The van der Waals surface area contributed by atoms with Crippen molar-refractivity contribution in [1.29, 1.82) is 0 Å². The Hall–Kier alpha value is -2.35. The molecule has 0 aliphatic heterocycles. The molecule has 0 saturated heterocycles. The topological polar surface area (TPSA) is 79.3 Å².